The van der Waals surface area contributed by atoms with Gasteiger partial charge in [0.15, 0.2) is 5.76 Å². The van der Waals surface area contributed by atoms with Gasteiger partial charge in [0, 0.05) is 38.6 Å². The summed E-state index contributed by atoms with van der Waals surface area (Å²) in [6, 6.07) is 3.96. The van der Waals surface area contributed by atoms with Crippen LogP contribution in [0.25, 0.3) is 0 Å². The average Bonchev–Trinajstić information content (AvgIpc) is 2.75. The molecule has 0 unspecified atom stereocenters. The first-order valence-corrected chi connectivity index (χ1v) is 9.47. The molecule has 3 rings (SSSR count). The van der Waals surface area contributed by atoms with Crippen molar-refractivity contribution in [3.63, 3.8) is 0 Å². The van der Waals surface area contributed by atoms with E-state index >= 15 is 0 Å². The maximum atomic E-state index is 12.9. The summed E-state index contributed by atoms with van der Waals surface area (Å²) in [6.07, 6.45) is 4.40. The van der Waals surface area contributed by atoms with Crippen LogP contribution in [0.5, 0.6) is 0 Å². The minimum atomic E-state index is -3.56. The third-order valence-corrected chi connectivity index (χ3v) is 6.39. The summed E-state index contributed by atoms with van der Waals surface area (Å²) in [5, 5.41) is 3.77. The Labute approximate surface area is 142 Å². The molecule has 1 aliphatic rings. The lowest BCUT2D eigenvalue weighted by atomic mass is 10.2. The first-order valence-electron chi connectivity index (χ1n) is 8.03. The number of aromatic nitrogens is 2. The highest BCUT2D eigenvalue weighted by Crippen LogP contribution is 2.24. The van der Waals surface area contributed by atoms with Gasteiger partial charge in [0.05, 0.1) is 0 Å². The lowest BCUT2D eigenvalue weighted by Gasteiger charge is -2.21. The molecule has 1 fully saturated rings. The van der Waals surface area contributed by atoms with E-state index in [0.29, 0.717) is 31.1 Å². The fourth-order valence-corrected chi connectivity index (χ4v) is 4.83. The van der Waals surface area contributed by atoms with E-state index in [2.05, 4.69) is 15.0 Å². The van der Waals surface area contributed by atoms with Gasteiger partial charge in [0.2, 0.25) is 10.0 Å². The van der Waals surface area contributed by atoms with E-state index < -0.39 is 10.0 Å². The van der Waals surface area contributed by atoms with Gasteiger partial charge >= 0.3 is 0 Å². The SMILES string of the molecule is Cc1noc(C)c1S(=O)(=O)N1CCCN(Cc2cccnc2)CC1. The molecule has 7 nitrogen and oxygen atoms in total. The molecule has 0 aliphatic carbocycles. The molecule has 1 saturated heterocycles. The molecule has 2 aromatic rings. The molecule has 0 N–H and O–H groups in total. The molecule has 0 aromatic carbocycles. The Morgan fingerprint density at radius 2 is 2.04 bits per heavy atom. The molecule has 0 amide bonds. The zero-order valence-electron chi connectivity index (χ0n) is 14.0. The molecule has 0 radical (unpaired) electrons. The molecule has 0 bridgehead atoms. The number of nitrogens with zero attached hydrogens (tertiary/aromatic N) is 4. The molecular formula is C16H22N4O3S. The Bertz CT molecular complexity index is 769. The van der Waals surface area contributed by atoms with Gasteiger partial charge in [-0.2, -0.15) is 4.31 Å². The van der Waals surface area contributed by atoms with Crippen molar-refractivity contribution < 1.29 is 12.9 Å². The number of aryl methyl sites for hydroxylation is 2. The van der Waals surface area contributed by atoms with Gasteiger partial charge in [-0.05, 0) is 38.4 Å². The first kappa shape index (κ1) is 17.1. The molecule has 2 aromatic heterocycles. The number of hydrogen-bond donors (Lipinski definition) is 0. The molecule has 1 aliphatic heterocycles. The van der Waals surface area contributed by atoms with E-state index in [9.17, 15) is 8.42 Å². The highest BCUT2D eigenvalue weighted by Gasteiger charge is 2.32. The van der Waals surface area contributed by atoms with E-state index in [1.807, 2.05) is 18.3 Å². The number of rotatable bonds is 4. The monoisotopic (exact) mass is 350 g/mol. The van der Waals surface area contributed by atoms with Crippen LogP contribution in [0, 0.1) is 13.8 Å². The third-order valence-electron chi connectivity index (χ3n) is 4.24. The van der Waals surface area contributed by atoms with E-state index in [4.69, 9.17) is 4.52 Å². The van der Waals surface area contributed by atoms with Gasteiger partial charge in [0.25, 0.3) is 0 Å². The lowest BCUT2D eigenvalue weighted by molar-refractivity contribution is 0.278. The fraction of sp³-hybridized carbons (Fsp3) is 0.500. The number of pyridine rings is 1. The van der Waals surface area contributed by atoms with E-state index in [1.165, 1.54) is 0 Å². The number of hydrogen-bond acceptors (Lipinski definition) is 6. The largest absolute Gasteiger partial charge is 0.360 e. The van der Waals surface area contributed by atoms with Crippen molar-refractivity contribution in [2.75, 3.05) is 26.2 Å². The normalized spacial score (nSPS) is 17.8. The second-order valence-electron chi connectivity index (χ2n) is 6.05. The van der Waals surface area contributed by atoms with Crippen LogP contribution in [0.3, 0.4) is 0 Å². The zero-order chi connectivity index (χ0) is 17.2. The van der Waals surface area contributed by atoms with Crippen LogP contribution in [0.2, 0.25) is 0 Å². The van der Waals surface area contributed by atoms with E-state index in [-0.39, 0.29) is 4.90 Å². The van der Waals surface area contributed by atoms with Gasteiger partial charge < -0.3 is 4.52 Å². The van der Waals surface area contributed by atoms with Gasteiger partial charge in [-0.3, -0.25) is 9.88 Å². The van der Waals surface area contributed by atoms with Crippen molar-refractivity contribution in [3.05, 3.63) is 41.5 Å². The van der Waals surface area contributed by atoms with E-state index in [1.54, 1.807) is 24.3 Å². The minimum Gasteiger partial charge on any atom is -0.360 e. The van der Waals surface area contributed by atoms with Crippen LogP contribution in [-0.2, 0) is 16.6 Å². The standard InChI is InChI=1S/C16H22N4O3S/c1-13-16(14(2)23-18-13)24(21,22)20-8-4-7-19(9-10-20)12-15-5-3-6-17-11-15/h3,5-6,11H,4,7-10,12H2,1-2H3. The summed E-state index contributed by atoms with van der Waals surface area (Å²) in [5.41, 5.74) is 1.56. The summed E-state index contributed by atoms with van der Waals surface area (Å²) in [4.78, 5) is 6.61. The maximum absolute atomic E-state index is 12.9. The number of sulfonamides is 1. The molecule has 24 heavy (non-hydrogen) atoms. The van der Waals surface area contributed by atoms with Crippen molar-refractivity contribution in [1.82, 2.24) is 19.3 Å². The van der Waals surface area contributed by atoms with Crippen molar-refractivity contribution >= 4 is 10.0 Å². The van der Waals surface area contributed by atoms with Gasteiger partial charge in [-0.1, -0.05) is 11.2 Å². The molecule has 3 heterocycles. The van der Waals surface area contributed by atoms with Crippen LogP contribution in [0.4, 0.5) is 0 Å². The first-order chi connectivity index (χ1) is 11.5. The predicted molar refractivity (Wildman–Crippen MR) is 88.9 cm³/mol. The van der Waals surface area contributed by atoms with Crippen molar-refractivity contribution in [1.29, 1.82) is 0 Å². The quantitative estimate of drug-likeness (QED) is 0.833. The van der Waals surface area contributed by atoms with Gasteiger partial charge in [0.1, 0.15) is 10.6 Å². The Balaban J connectivity index is 1.71. The highest BCUT2D eigenvalue weighted by molar-refractivity contribution is 7.89. The lowest BCUT2D eigenvalue weighted by Crippen LogP contribution is -2.35. The molecular weight excluding hydrogens is 328 g/mol. The summed E-state index contributed by atoms with van der Waals surface area (Å²) in [5.74, 6) is 0.351. The molecule has 0 atom stereocenters. The fourth-order valence-electron chi connectivity index (χ4n) is 3.07. The van der Waals surface area contributed by atoms with Crippen LogP contribution in [0.15, 0.2) is 33.9 Å². The molecule has 130 valence electrons. The second-order valence-corrected chi connectivity index (χ2v) is 7.92. The Hall–Kier alpha value is -1.77. The second kappa shape index (κ2) is 7.00. The smallest absolute Gasteiger partial charge is 0.248 e. The molecule has 8 heteroatoms. The van der Waals surface area contributed by atoms with Gasteiger partial charge in [-0.25, -0.2) is 8.42 Å². The molecule has 0 spiro atoms. The summed E-state index contributed by atoms with van der Waals surface area (Å²) >= 11 is 0. The Kier molecular flexibility index (Phi) is 4.98. The van der Waals surface area contributed by atoms with Crippen molar-refractivity contribution in [3.8, 4) is 0 Å². The Morgan fingerprint density at radius 3 is 2.71 bits per heavy atom. The van der Waals surface area contributed by atoms with Crippen LogP contribution in [0.1, 0.15) is 23.4 Å². The van der Waals surface area contributed by atoms with E-state index in [0.717, 1.165) is 25.1 Å². The van der Waals surface area contributed by atoms with Crippen LogP contribution in [-0.4, -0.2) is 53.9 Å². The van der Waals surface area contributed by atoms with Crippen molar-refractivity contribution in [2.45, 2.75) is 31.7 Å². The highest BCUT2D eigenvalue weighted by atomic mass is 32.2. The maximum Gasteiger partial charge on any atom is 0.248 e. The molecule has 0 saturated carbocycles. The van der Waals surface area contributed by atoms with Gasteiger partial charge in [-0.15, -0.1) is 0 Å². The van der Waals surface area contributed by atoms with Crippen LogP contribution >= 0.6 is 0 Å². The zero-order valence-corrected chi connectivity index (χ0v) is 14.8. The topological polar surface area (TPSA) is 79.5 Å². The summed E-state index contributed by atoms with van der Waals surface area (Å²) in [6.45, 7) is 6.62. The van der Waals surface area contributed by atoms with Crippen LogP contribution < -0.4 is 0 Å². The third kappa shape index (κ3) is 3.50. The summed E-state index contributed by atoms with van der Waals surface area (Å²) in [7, 11) is -3.56. The van der Waals surface area contributed by atoms with Crippen molar-refractivity contribution in [2.24, 2.45) is 0 Å². The minimum absolute atomic E-state index is 0.211. The Morgan fingerprint density at radius 1 is 1.21 bits per heavy atom. The predicted octanol–water partition coefficient (Wildman–Crippen LogP) is 1.58. The summed E-state index contributed by atoms with van der Waals surface area (Å²) < 4.78 is 32.4. The average molecular weight is 350 g/mol.